The second kappa shape index (κ2) is 18.1. The van der Waals surface area contributed by atoms with Crippen molar-refractivity contribution in [1.82, 2.24) is 9.80 Å². The highest BCUT2D eigenvalue weighted by atomic mass is 16.6. The molecule has 0 aromatic heterocycles. The quantitative estimate of drug-likeness (QED) is 0.306. The fourth-order valence-corrected chi connectivity index (χ4v) is 3.04. The summed E-state index contributed by atoms with van der Waals surface area (Å²) < 4.78 is 5.10. The molecule has 0 unspecified atom stereocenters. The Balaban J connectivity index is 4.18. The molecule has 27 heavy (non-hydrogen) atoms. The first-order valence-electron chi connectivity index (χ1n) is 11.1. The van der Waals surface area contributed by atoms with E-state index in [-0.39, 0.29) is 25.0 Å². The minimum Gasteiger partial charge on any atom is -0.449 e. The van der Waals surface area contributed by atoms with Gasteiger partial charge in [0, 0.05) is 27.2 Å². The summed E-state index contributed by atoms with van der Waals surface area (Å²) in [6.07, 6.45) is 14.6. The number of carbonyl (C=O) groups is 2. The molecule has 0 bridgehead atoms. The third-order valence-electron chi connectivity index (χ3n) is 4.82. The van der Waals surface area contributed by atoms with Gasteiger partial charge < -0.3 is 14.5 Å². The number of nitrogens with zero attached hydrogens (tertiary/aromatic N) is 2. The van der Waals surface area contributed by atoms with Gasteiger partial charge in [-0.15, -0.1) is 0 Å². The Morgan fingerprint density at radius 1 is 0.704 bits per heavy atom. The van der Waals surface area contributed by atoms with Gasteiger partial charge >= 0.3 is 6.09 Å². The van der Waals surface area contributed by atoms with Crippen LogP contribution in [0.25, 0.3) is 0 Å². The first kappa shape index (κ1) is 25.7. The molecule has 0 aliphatic heterocycles. The summed E-state index contributed by atoms with van der Waals surface area (Å²) in [5.41, 5.74) is 0. The van der Waals surface area contributed by atoms with Crippen LogP contribution in [0.2, 0.25) is 0 Å². The molecule has 5 nitrogen and oxygen atoms in total. The molecular weight excluding hydrogens is 340 g/mol. The van der Waals surface area contributed by atoms with Gasteiger partial charge in [-0.05, 0) is 12.8 Å². The third-order valence-corrected chi connectivity index (χ3v) is 4.82. The Labute approximate surface area is 167 Å². The minimum atomic E-state index is -0.388. The fraction of sp³-hybridized carbons (Fsp3) is 0.909. The lowest BCUT2D eigenvalue weighted by atomic mass is 10.1. The molecule has 5 heteroatoms. The van der Waals surface area contributed by atoms with Gasteiger partial charge in [0.25, 0.3) is 0 Å². The van der Waals surface area contributed by atoms with E-state index in [2.05, 4.69) is 13.8 Å². The van der Waals surface area contributed by atoms with Crippen molar-refractivity contribution < 1.29 is 14.3 Å². The lowest BCUT2D eigenvalue weighted by Crippen LogP contribution is -2.34. The number of hydrogen-bond acceptors (Lipinski definition) is 3. The predicted octanol–water partition coefficient (Wildman–Crippen LogP) is 5.62. The molecule has 0 aromatic rings. The van der Waals surface area contributed by atoms with E-state index in [4.69, 9.17) is 4.74 Å². The number of ether oxygens (including phenoxy) is 1. The summed E-state index contributed by atoms with van der Waals surface area (Å²) in [5.74, 6) is 0.115. The second-order valence-corrected chi connectivity index (χ2v) is 7.68. The van der Waals surface area contributed by atoms with E-state index in [9.17, 15) is 9.59 Å². The average Bonchev–Trinajstić information content (AvgIpc) is 2.65. The fourth-order valence-electron chi connectivity index (χ4n) is 3.04. The van der Waals surface area contributed by atoms with Gasteiger partial charge in [0.1, 0.15) is 6.61 Å². The lowest BCUT2D eigenvalue weighted by Gasteiger charge is -2.23. The zero-order valence-corrected chi connectivity index (χ0v) is 18.4. The summed E-state index contributed by atoms with van der Waals surface area (Å²) in [6.45, 7) is 6.29. The molecule has 0 spiro atoms. The van der Waals surface area contributed by atoms with E-state index in [1.807, 2.05) is 4.90 Å². The monoisotopic (exact) mass is 384 g/mol. The van der Waals surface area contributed by atoms with Gasteiger partial charge in [0.15, 0.2) is 0 Å². The molecule has 0 rings (SSSR count). The second-order valence-electron chi connectivity index (χ2n) is 7.68. The molecule has 0 heterocycles. The van der Waals surface area contributed by atoms with Crippen LogP contribution in [0.15, 0.2) is 0 Å². The summed E-state index contributed by atoms with van der Waals surface area (Å²) >= 11 is 0. The Hall–Kier alpha value is -1.26. The van der Waals surface area contributed by atoms with Crippen molar-refractivity contribution in [2.45, 2.75) is 97.3 Å². The summed E-state index contributed by atoms with van der Waals surface area (Å²) in [6, 6.07) is 0. The maximum absolute atomic E-state index is 12.5. The molecule has 0 N–H and O–H groups in total. The third kappa shape index (κ3) is 15.5. The predicted molar refractivity (Wildman–Crippen MR) is 113 cm³/mol. The Morgan fingerprint density at radius 3 is 1.59 bits per heavy atom. The lowest BCUT2D eigenvalue weighted by molar-refractivity contribution is -0.132. The van der Waals surface area contributed by atoms with Gasteiger partial charge in [0.2, 0.25) is 5.91 Å². The van der Waals surface area contributed by atoms with E-state index in [0.29, 0.717) is 0 Å². The summed E-state index contributed by atoms with van der Waals surface area (Å²) in [7, 11) is 3.29. The van der Waals surface area contributed by atoms with Crippen molar-refractivity contribution in [2.75, 3.05) is 33.8 Å². The molecule has 0 saturated heterocycles. The number of amides is 2. The number of hydrogen-bond donors (Lipinski definition) is 0. The summed E-state index contributed by atoms with van der Waals surface area (Å²) in [4.78, 5) is 27.4. The van der Waals surface area contributed by atoms with Crippen LogP contribution >= 0.6 is 0 Å². The first-order chi connectivity index (χ1) is 13.0. The molecular formula is C22H44N2O3. The molecule has 160 valence electrons. The van der Waals surface area contributed by atoms with Crippen molar-refractivity contribution in [2.24, 2.45) is 0 Å². The van der Waals surface area contributed by atoms with Crippen molar-refractivity contribution in [3.63, 3.8) is 0 Å². The van der Waals surface area contributed by atoms with Gasteiger partial charge in [0.05, 0.1) is 6.42 Å². The van der Waals surface area contributed by atoms with Crippen molar-refractivity contribution in [1.29, 1.82) is 0 Å². The van der Waals surface area contributed by atoms with Crippen LogP contribution < -0.4 is 0 Å². The van der Waals surface area contributed by atoms with E-state index in [1.54, 1.807) is 14.1 Å². The Kier molecular flexibility index (Phi) is 17.3. The van der Waals surface area contributed by atoms with Gasteiger partial charge in [-0.25, -0.2) is 4.79 Å². The molecule has 2 amide bonds. The van der Waals surface area contributed by atoms with Crippen LogP contribution in [-0.4, -0.2) is 55.6 Å². The van der Waals surface area contributed by atoms with Gasteiger partial charge in [-0.3, -0.25) is 4.79 Å². The van der Waals surface area contributed by atoms with E-state index in [0.717, 1.165) is 25.9 Å². The smallest absolute Gasteiger partial charge is 0.409 e. The molecule has 0 radical (unpaired) electrons. The van der Waals surface area contributed by atoms with Crippen LogP contribution in [0.5, 0.6) is 0 Å². The van der Waals surface area contributed by atoms with Crippen molar-refractivity contribution >= 4 is 12.0 Å². The molecule has 0 fully saturated rings. The standard InChI is InChI=1S/C22H44N2O3/c1-5-7-9-11-13-15-18-24(19-16-14-12-10-8-6-2)21(25)17-20-27-22(26)23(3)4/h5-20H2,1-4H3. The zero-order chi connectivity index (χ0) is 20.3. The van der Waals surface area contributed by atoms with E-state index < -0.39 is 0 Å². The highest BCUT2D eigenvalue weighted by Crippen LogP contribution is 2.10. The van der Waals surface area contributed by atoms with Crippen molar-refractivity contribution in [3.8, 4) is 0 Å². The van der Waals surface area contributed by atoms with Crippen molar-refractivity contribution in [3.05, 3.63) is 0 Å². The minimum absolute atomic E-state index is 0.115. The van der Waals surface area contributed by atoms with Crippen LogP contribution in [0.4, 0.5) is 4.79 Å². The highest BCUT2D eigenvalue weighted by Gasteiger charge is 2.14. The summed E-state index contributed by atoms with van der Waals surface area (Å²) in [5, 5.41) is 0. The van der Waals surface area contributed by atoms with Crippen LogP contribution in [-0.2, 0) is 9.53 Å². The number of carbonyl (C=O) groups excluding carboxylic acids is 2. The van der Waals surface area contributed by atoms with Gasteiger partial charge in [-0.2, -0.15) is 0 Å². The number of rotatable bonds is 17. The molecule has 0 atom stereocenters. The van der Waals surface area contributed by atoms with E-state index in [1.165, 1.54) is 69.1 Å². The van der Waals surface area contributed by atoms with Gasteiger partial charge in [-0.1, -0.05) is 78.1 Å². The average molecular weight is 385 g/mol. The van der Waals surface area contributed by atoms with Crippen LogP contribution in [0.1, 0.15) is 97.3 Å². The number of unbranched alkanes of at least 4 members (excludes halogenated alkanes) is 10. The highest BCUT2D eigenvalue weighted by molar-refractivity contribution is 5.76. The maximum atomic E-state index is 12.5. The molecule has 0 saturated carbocycles. The molecule has 0 aromatic carbocycles. The van der Waals surface area contributed by atoms with E-state index >= 15 is 0 Å². The first-order valence-corrected chi connectivity index (χ1v) is 11.1. The van der Waals surface area contributed by atoms with Crippen LogP contribution in [0.3, 0.4) is 0 Å². The van der Waals surface area contributed by atoms with Crippen LogP contribution in [0, 0.1) is 0 Å². The SMILES string of the molecule is CCCCCCCCN(CCCCCCCC)C(=O)CCOC(=O)N(C)C. The maximum Gasteiger partial charge on any atom is 0.409 e. The zero-order valence-electron chi connectivity index (χ0n) is 18.4. The normalized spacial score (nSPS) is 10.7. The Bertz CT molecular complexity index is 357. The Morgan fingerprint density at radius 2 is 1.15 bits per heavy atom. The topological polar surface area (TPSA) is 49.9 Å². The largest absolute Gasteiger partial charge is 0.449 e. The molecule has 0 aliphatic rings. The molecule has 0 aliphatic carbocycles.